The average molecular weight is 281 g/mol. The fraction of sp³-hybridized carbons (Fsp3) is 0.222. The lowest BCUT2D eigenvalue weighted by molar-refractivity contribution is 0.701. The maximum atomic E-state index is 3.53. The van der Waals surface area contributed by atoms with Crippen molar-refractivity contribution in [1.29, 1.82) is 0 Å². The first kappa shape index (κ1) is 13.3. The van der Waals surface area contributed by atoms with E-state index in [0.29, 0.717) is 0 Å². The molecule has 0 aliphatic heterocycles. The molecule has 0 fully saturated rings. The van der Waals surface area contributed by atoms with Crippen molar-refractivity contribution in [3.63, 3.8) is 0 Å². The molecule has 20 heavy (non-hydrogen) atoms. The lowest BCUT2D eigenvalue weighted by Gasteiger charge is -2.05. The third kappa shape index (κ3) is 2.92. The Bertz CT molecular complexity index is 708. The predicted octanol–water partition coefficient (Wildman–Crippen LogP) is 4.81. The maximum absolute atomic E-state index is 3.53. The second-order valence-electron chi connectivity index (χ2n) is 5.24. The summed E-state index contributed by atoms with van der Waals surface area (Å²) in [6.45, 7) is 6.23. The van der Waals surface area contributed by atoms with Gasteiger partial charge in [-0.3, -0.25) is 0 Å². The summed E-state index contributed by atoms with van der Waals surface area (Å²) in [7, 11) is 0. The lowest BCUT2D eigenvalue weighted by atomic mass is 10.1. The van der Waals surface area contributed by atoms with E-state index in [2.05, 4.69) is 67.7 Å². The summed E-state index contributed by atoms with van der Waals surface area (Å²) in [5, 5.41) is 6.15. The van der Waals surface area contributed by atoms with Crippen LogP contribution in [-0.4, -0.2) is 0 Å². The van der Waals surface area contributed by atoms with Crippen LogP contribution < -0.4 is 5.32 Å². The van der Waals surface area contributed by atoms with Gasteiger partial charge in [-0.1, -0.05) is 36.4 Å². The molecule has 0 aliphatic rings. The molecule has 3 aromatic rings. The maximum Gasteiger partial charge on any atom is 0.0303 e. The van der Waals surface area contributed by atoms with E-state index >= 15 is 0 Å². The highest BCUT2D eigenvalue weighted by Crippen LogP contribution is 2.20. The van der Waals surface area contributed by atoms with Crippen LogP contribution in [-0.2, 0) is 13.1 Å². The number of aryl methyl sites for hydroxylation is 2. The molecule has 102 valence electrons. The summed E-state index contributed by atoms with van der Waals surface area (Å²) in [5.41, 5.74) is 2.74. The quantitative estimate of drug-likeness (QED) is 0.723. The zero-order valence-electron chi connectivity index (χ0n) is 11.9. The van der Waals surface area contributed by atoms with Gasteiger partial charge < -0.3 is 5.32 Å². The highest BCUT2D eigenvalue weighted by Gasteiger charge is 2.01. The smallest absolute Gasteiger partial charge is 0.0303 e. The Balaban J connectivity index is 1.64. The van der Waals surface area contributed by atoms with Gasteiger partial charge >= 0.3 is 0 Å². The number of nitrogens with one attached hydrogen (secondary N) is 1. The summed E-state index contributed by atoms with van der Waals surface area (Å²) < 4.78 is 0. The fourth-order valence-corrected chi connectivity index (χ4v) is 3.44. The van der Waals surface area contributed by atoms with Crippen molar-refractivity contribution in [1.82, 2.24) is 5.32 Å². The Labute approximate surface area is 124 Å². The van der Waals surface area contributed by atoms with E-state index in [-0.39, 0.29) is 0 Å². The molecule has 0 atom stereocenters. The van der Waals surface area contributed by atoms with Crippen molar-refractivity contribution in [2.75, 3.05) is 0 Å². The first-order valence-electron chi connectivity index (χ1n) is 6.97. The Kier molecular flexibility index (Phi) is 3.86. The third-order valence-electron chi connectivity index (χ3n) is 3.66. The molecule has 0 amide bonds. The van der Waals surface area contributed by atoms with Crippen molar-refractivity contribution < 1.29 is 0 Å². The summed E-state index contributed by atoms with van der Waals surface area (Å²) >= 11 is 1.89. The molecular weight excluding hydrogens is 262 g/mol. The van der Waals surface area contributed by atoms with Gasteiger partial charge in [-0.05, 0) is 47.9 Å². The van der Waals surface area contributed by atoms with Crippen molar-refractivity contribution >= 4 is 22.1 Å². The largest absolute Gasteiger partial charge is 0.308 e. The molecule has 1 nitrogen and oxygen atoms in total. The van der Waals surface area contributed by atoms with Crippen LogP contribution in [0, 0.1) is 13.8 Å². The molecule has 0 saturated carbocycles. The zero-order valence-corrected chi connectivity index (χ0v) is 12.8. The van der Waals surface area contributed by atoms with Crippen LogP contribution in [0.1, 0.15) is 20.9 Å². The molecule has 3 rings (SSSR count). The van der Waals surface area contributed by atoms with Crippen LogP contribution in [0.15, 0.2) is 48.5 Å². The molecule has 2 heteroatoms. The first-order valence-corrected chi connectivity index (χ1v) is 7.78. The van der Waals surface area contributed by atoms with Crippen LogP contribution in [0.25, 0.3) is 10.8 Å². The highest BCUT2D eigenvalue weighted by molar-refractivity contribution is 7.12. The SMILES string of the molecule is Cc1cc(CNCc2ccc3ccccc3c2)sc1C. The van der Waals surface area contributed by atoms with Crippen LogP contribution >= 0.6 is 11.3 Å². The average Bonchev–Trinajstić information content (AvgIpc) is 2.77. The van der Waals surface area contributed by atoms with Gasteiger partial charge in [0.2, 0.25) is 0 Å². The van der Waals surface area contributed by atoms with Gasteiger partial charge in [-0.25, -0.2) is 0 Å². The predicted molar refractivity (Wildman–Crippen MR) is 88.3 cm³/mol. The van der Waals surface area contributed by atoms with E-state index < -0.39 is 0 Å². The lowest BCUT2D eigenvalue weighted by Crippen LogP contribution is -2.11. The van der Waals surface area contributed by atoms with Gasteiger partial charge in [0, 0.05) is 22.8 Å². The molecule has 0 aliphatic carbocycles. The minimum atomic E-state index is 0.917. The molecule has 0 spiro atoms. The molecule has 0 unspecified atom stereocenters. The second-order valence-corrected chi connectivity index (χ2v) is 6.58. The second kappa shape index (κ2) is 5.78. The number of thiophene rings is 1. The van der Waals surface area contributed by atoms with Gasteiger partial charge in [0.25, 0.3) is 0 Å². The van der Waals surface area contributed by atoms with Gasteiger partial charge in [0.05, 0.1) is 0 Å². The number of hydrogen-bond acceptors (Lipinski definition) is 2. The number of benzene rings is 2. The van der Waals surface area contributed by atoms with Crippen LogP contribution in [0.3, 0.4) is 0 Å². The molecule has 0 saturated heterocycles. The molecule has 0 bridgehead atoms. The van der Waals surface area contributed by atoms with Crippen LogP contribution in [0.5, 0.6) is 0 Å². The molecule has 1 aromatic heterocycles. The van der Waals surface area contributed by atoms with Crippen LogP contribution in [0.2, 0.25) is 0 Å². The van der Waals surface area contributed by atoms with Gasteiger partial charge in [-0.15, -0.1) is 11.3 Å². The summed E-state index contributed by atoms with van der Waals surface area (Å²) in [5.74, 6) is 0. The fourth-order valence-electron chi connectivity index (χ4n) is 2.42. The van der Waals surface area contributed by atoms with E-state index in [1.807, 2.05) is 11.3 Å². The summed E-state index contributed by atoms with van der Waals surface area (Å²) in [6.07, 6.45) is 0. The first-order chi connectivity index (χ1) is 9.72. The standard InChI is InChI=1S/C18H19NS/c1-13-9-18(20-14(13)2)12-19-11-15-7-8-16-5-3-4-6-17(16)10-15/h3-10,19H,11-12H2,1-2H3. The number of fused-ring (bicyclic) bond motifs is 1. The van der Waals surface area contributed by atoms with Gasteiger partial charge in [-0.2, -0.15) is 0 Å². The normalized spacial score (nSPS) is 11.1. The van der Waals surface area contributed by atoms with Crippen molar-refractivity contribution in [2.24, 2.45) is 0 Å². The van der Waals surface area contributed by atoms with E-state index in [1.54, 1.807) is 0 Å². The Hall–Kier alpha value is -1.64. The van der Waals surface area contributed by atoms with Gasteiger partial charge in [0.1, 0.15) is 0 Å². The minimum absolute atomic E-state index is 0.917. The van der Waals surface area contributed by atoms with Crippen molar-refractivity contribution in [3.8, 4) is 0 Å². The zero-order chi connectivity index (χ0) is 13.9. The third-order valence-corrected chi connectivity index (χ3v) is 4.81. The van der Waals surface area contributed by atoms with E-state index in [0.717, 1.165) is 13.1 Å². The minimum Gasteiger partial charge on any atom is -0.308 e. The molecule has 2 aromatic carbocycles. The van der Waals surface area contributed by atoms with E-state index in [9.17, 15) is 0 Å². The summed E-state index contributed by atoms with van der Waals surface area (Å²) in [6, 6.07) is 17.5. The monoisotopic (exact) mass is 281 g/mol. The van der Waals surface area contributed by atoms with Crippen molar-refractivity contribution in [3.05, 3.63) is 69.4 Å². The molecule has 0 radical (unpaired) electrons. The molecule has 1 N–H and O–H groups in total. The Morgan fingerprint density at radius 3 is 2.45 bits per heavy atom. The highest BCUT2D eigenvalue weighted by atomic mass is 32.1. The topological polar surface area (TPSA) is 12.0 Å². The summed E-state index contributed by atoms with van der Waals surface area (Å²) in [4.78, 5) is 2.84. The Morgan fingerprint density at radius 1 is 0.900 bits per heavy atom. The van der Waals surface area contributed by atoms with Crippen LogP contribution in [0.4, 0.5) is 0 Å². The molecular formula is C18H19NS. The van der Waals surface area contributed by atoms with E-state index in [4.69, 9.17) is 0 Å². The molecule has 1 heterocycles. The number of hydrogen-bond donors (Lipinski definition) is 1. The van der Waals surface area contributed by atoms with Crippen molar-refractivity contribution in [2.45, 2.75) is 26.9 Å². The van der Waals surface area contributed by atoms with Gasteiger partial charge in [0.15, 0.2) is 0 Å². The van der Waals surface area contributed by atoms with E-state index in [1.165, 1.54) is 31.7 Å². The number of rotatable bonds is 4. The Morgan fingerprint density at radius 2 is 1.70 bits per heavy atom.